The predicted octanol–water partition coefficient (Wildman–Crippen LogP) is 3.73. The number of benzene rings is 1. The van der Waals surface area contributed by atoms with Gasteiger partial charge in [0.05, 0.1) is 29.5 Å². The number of carbonyl (C=O) groups is 2. The van der Waals surface area contributed by atoms with Gasteiger partial charge in [-0.25, -0.2) is 4.98 Å². The van der Waals surface area contributed by atoms with Gasteiger partial charge in [-0.3, -0.25) is 14.5 Å². The second-order valence-electron chi connectivity index (χ2n) is 8.13. The molecule has 2 amide bonds. The zero-order valence-electron chi connectivity index (χ0n) is 17.9. The molecule has 2 atom stereocenters. The lowest BCUT2D eigenvalue weighted by molar-refractivity contribution is -0.128. The van der Waals surface area contributed by atoms with Gasteiger partial charge in [0.2, 0.25) is 5.91 Å². The Labute approximate surface area is 187 Å². The molecule has 0 radical (unpaired) electrons. The first kappa shape index (κ1) is 21.6. The maximum atomic E-state index is 12.9. The molecule has 1 fully saturated rings. The van der Waals surface area contributed by atoms with Crippen molar-refractivity contribution in [2.24, 2.45) is 0 Å². The van der Waals surface area contributed by atoms with Crippen LogP contribution in [0, 0.1) is 0 Å². The van der Waals surface area contributed by atoms with Gasteiger partial charge in [-0.1, -0.05) is 36.7 Å². The van der Waals surface area contributed by atoms with E-state index >= 15 is 0 Å². The molecular weight excluding hydrogens is 414 g/mol. The lowest BCUT2D eigenvalue weighted by atomic mass is 10.1. The number of fused-ring (bicyclic) bond motifs is 1. The van der Waals surface area contributed by atoms with Crippen molar-refractivity contribution in [1.29, 1.82) is 0 Å². The largest absolute Gasteiger partial charge is 0.330 e. The number of hydrogen-bond donors (Lipinski definition) is 1. The van der Waals surface area contributed by atoms with Gasteiger partial charge in [-0.15, -0.1) is 0 Å². The minimum absolute atomic E-state index is 0.0107. The highest BCUT2D eigenvalue weighted by Gasteiger charge is 2.31. The van der Waals surface area contributed by atoms with Gasteiger partial charge in [-0.2, -0.15) is 0 Å². The van der Waals surface area contributed by atoms with Crippen molar-refractivity contribution in [2.45, 2.75) is 45.3 Å². The number of nitrogens with zero attached hydrogens (tertiary/aromatic N) is 4. The molecule has 2 aromatic rings. The highest BCUT2D eigenvalue weighted by atomic mass is 35.5. The van der Waals surface area contributed by atoms with Crippen LogP contribution in [0.5, 0.6) is 0 Å². The minimum Gasteiger partial charge on any atom is -0.330 e. The third kappa shape index (κ3) is 4.52. The van der Waals surface area contributed by atoms with E-state index in [0.29, 0.717) is 29.5 Å². The molecule has 1 unspecified atom stereocenters. The molecule has 1 N–H and O–H groups in total. The van der Waals surface area contributed by atoms with E-state index in [2.05, 4.69) is 29.0 Å². The Morgan fingerprint density at radius 3 is 2.77 bits per heavy atom. The fraction of sp³-hybridized carbons (Fsp3) is 0.435. The van der Waals surface area contributed by atoms with Crippen LogP contribution >= 0.6 is 11.6 Å². The summed E-state index contributed by atoms with van der Waals surface area (Å²) in [7, 11) is 0. The predicted molar refractivity (Wildman–Crippen MR) is 121 cm³/mol. The van der Waals surface area contributed by atoms with E-state index in [-0.39, 0.29) is 23.9 Å². The Bertz CT molecular complexity index is 998. The van der Waals surface area contributed by atoms with Crippen LogP contribution in [-0.2, 0) is 11.3 Å². The summed E-state index contributed by atoms with van der Waals surface area (Å²) in [5, 5.41) is 3.35. The summed E-state index contributed by atoms with van der Waals surface area (Å²) in [5.41, 5.74) is 1.04. The number of aromatic nitrogens is 2. The first-order chi connectivity index (χ1) is 15.0. The summed E-state index contributed by atoms with van der Waals surface area (Å²) in [4.78, 5) is 34.3. The quantitative estimate of drug-likeness (QED) is 0.693. The number of para-hydroxylation sites is 1. The van der Waals surface area contributed by atoms with Crippen molar-refractivity contribution >= 4 is 29.1 Å². The van der Waals surface area contributed by atoms with Gasteiger partial charge in [0.15, 0.2) is 0 Å². The molecule has 31 heavy (non-hydrogen) atoms. The van der Waals surface area contributed by atoms with E-state index < -0.39 is 0 Å². The van der Waals surface area contributed by atoms with E-state index in [4.69, 9.17) is 11.6 Å². The zero-order chi connectivity index (χ0) is 22.0. The summed E-state index contributed by atoms with van der Waals surface area (Å²) in [6, 6.07) is 7.39. The van der Waals surface area contributed by atoms with E-state index in [0.717, 1.165) is 25.3 Å². The number of halogens is 1. The van der Waals surface area contributed by atoms with Crippen LogP contribution in [0.2, 0.25) is 5.02 Å². The third-order valence-corrected chi connectivity index (χ3v) is 6.45. The van der Waals surface area contributed by atoms with Gasteiger partial charge < -0.3 is 14.8 Å². The molecule has 1 saturated heterocycles. The summed E-state index contributed by atoms with van der Waals surface area (Å²) >= 11 is 6.18. The van der Waals surface area contributed by atoms with Crippen molar-refractivity contribution in [3.05, 3.63) is 59.2 Å². The normalized spacial score (nSPS) is 19.7. The number of imidazole rings is 1. The van der Waals surface area contributed by atoms with Gasteiger partial charge in [0.25, 0.3) is 5.91 Å². The average molecular weight is 442 g/mol. The molecular formula is C23H28ClN5O2. The highest BCUT2D eigenvalue weighted by Crippen LogP contribution is 2.27. The Kier molecular flexibility index (Phi) is 6.43. The fourth-order valence-corrected chi connectivity index (χ4v) is 4.27. The molecule has 0 spiro atoms. The smallest absolute Gasteiger partial charge is 0.273 e. The van der Waals surface area contributed by atoms with Crippen LogP contribution in [0.25, 0.3) is 0 Å². The van der Waals surface area contributed by atoms with Crippen LogP contribution in [-0.4, -0.2) is 56.8 Å². The fourth-order valence-electron chi connectivity index (χ4n) is 4.09. The van der Waals surface area contributed by atoms with Crippen molar-refractivity contribution in [3.63, 3.8) is 0 Å². The van der Waals surface area contributed by atoms with Crippen LogP contribution in [0.15, 0.2) is 42.6 Å². The van der Waals surface area contributed by atoms with Crippen LogP contribution < -0.4 is 5.32 Å². The molecule has 1 aromatic carbocycles. The molecule has 7 nitrogen and oxygen atoms in total. The van der Waals surface area contributed by atoms with E-state index in [1.54, 1.807) is 24.4 Å². The molecule has 4 rings (SSSR count). The van der Waals surface area contributed by atoms with Gasteiger partial charge in [0.1, 0.15) is 11.5 Å². The molecule has 8 heteroatoms. The maximum absolute atomic E-state index is 12.9. The van der Waals surface area contributed by atoms with Crippen molar-refractivity contribution in [2.75, 3.05) is 25.0 Å². The lowest BCUT2D eigenvalue weighted by Gasteiger charge is -2.35. The minimum atomic E-state index is -0.256. The highest BCUT2D eigenvalue weighted by molar-refractivity contribution is 6.33. The molecule has 2 aliphatic rings. The third-order valence-electron chi connectivity index (χ3n) is 6.12. The van der Waals surface area contributed by atoms with Crippen molar-refractivity contribution in [1.82, 2.24) is 19.4 Å². The molecule has 1 aromatic heterocycles. The van der Waals surface area contributed by atoms with Crippen LogP contribution in [0.4, 0.5) is 5.69 Å². The van der Waals surface area contributed by atoms with Crippen molar-refractivity contribution in [3.8, 4) is 0 Å². The first-order valence-electron chi connectivity index (χ1n) is 10.8. The number of carbonyl (C=O) groups excluding carboxylic acids is 2. The molecule has 3 heterocycles. The lowest BCUT2D eigenvalue weighted by Crippen LogP contribution is -2.43. The zero-order valence-corrected chi connectivity index (χ0v) is 18.7. The molecule has 0 bridgehead atoms. The maximum Gasteiger partial charge on any atom is 0.273 e. The van der Waals surface area contributed by atoms with E-state index in [9.17, 15) is 9.59 Å². The summed E-state index contributed by atoms with van der Waals surface area (Å²) < 4.78 is 1.96. The van der Waals surface area contributed by atoms with Crippen molar-refractivity contribution < 1.29 is 9.59 Å². The number of hydrogen-bond acceptors (Lipinski definition) is 4. The summed E-state index contributed by atoms with van der Waals surface area (Å²) in [6.07, 6.45) is 7.25. The number of nitrogens with one attached hydrogen (secondary N) is 1. The second kappa shape index (κ2) is 9.24. The number of amides is 2. The molecule has 2 aliphatic heterocycles. The number of anilines is 1. The van der Waals surface area contributed by atoms with Gasteiger partial charge in [-0.05, 0) is 45.0 Å². The Morgan fingerprint density at radius 1 is 1.32 bits per heavy atom. The molecule has 0 aliphatic carbocycles. The monoisotopic (exact) mass is 441 g/mol. The van der Waals surface area contributed by atoms with Gasteiger partial charge in [0, 0.05) is 18.7 Å². The van der Waals surface area contributed by atoms with Crippen LogP contribution in [0.3, 0.4) is 0 Å². The Hall–Kier alpha value is -2.64. The van der Waals surface area contributed by atoms with Gasteiger partial charge >= 0.3 is 0 Å². The average Bonchev–Trinajstić information content (AvgIpc) is 3.16. The first-order valence-corrected chi connectivity index (χ1v) is 11.2. The standard InChI is InChI=1S/C23H28ClN5O2/c1-3-17-14-28(22(30)10-9-16(2)27-11-6-12-27)15-21-25-13-20(29(17)21)23(31)26-19-8-5-4-7-18(19)24/h4-5,7-10,13,16-17H,3,6,11-12,14-15H2,1-2H3,(H,26,31)/b10-9+/t16-,17?/m0/s1. The summed E-state index contributed by atoms with van der Waals surface area (Å²) in [6.45, 7) is 7.30. The Balaban J connectivity index is 1.49. The van der Waals surface area contributed by atoms with E-state index in [1.165, 1.54) is 6.42 Å². The SMILES string of the molecule is CCC1CN(C(=O)/C=C/[C@H](C)N2CCC2)Cc2ncc(C(=O)Nc3ccccc3Cl)n21. The molecule has 164 valence electrons. The topological polar surface area (TPSA) is 70.5 Å². The number of rotatable bonds is 6. The molecule has 0 saturated carbocycles. The number of likely N-dealkylation sites (tertiary alicyclic amines) is 1. The van der Waals surface area contributed by atoms with E-state index in [1.807, 2.05) is 27.7 Å². The second-order valence-corrected chi connectivity index (χ2v) is 8.54. The van der Waals surface area contributed by atoms with Crippen LogP contribution in [0.1, 0.15) is 49.0 Å². The summed E-state index contributed by atoms with van der Waals surface area (Å²) in [5.74, 6) is 0.454. The Morgan fingerprint density at radius 2 is 2.10 bits per heavy atom.